The van der Waals surface area contributed by atoms with Gasteiger partial charge in [-0.1, -0.05) is 116 Å². The highest BCUT2D eigenvalue weighted by atomic mass is 16.5. The summed E-state index contributed by atoms with van der Waals surface area (Å²) in [6, 6.07) is 8.00. The van der Waals surface area contributed by atoms with E-state index >= 15 is 0 Å². The van der Waals surface area contributed by atoms with Crippen LogP contribution in [-0.4, -0.2) is 89.7 Å². The maximum Gasteiger partial charge on any atom is 0.329 e. The number of esters is 1. The van der Waals surface area contributed by atoms with Crippen LogP contribution in [0, 0.1) is 11.8 Å². The topological polar surface area (TPSA) is 99.3 Å². The molecule has 2 fully saturated rings. The van der Waals surface area contributed by atoms with Crippen molar-refractivity contribution in [2.45, 2.75) is 155 Å². The second-order valence-corrected chi connectivity index (χ2v) is 15.7. The Hall–Kier alpha value is -3.20. The minimum absolute atomic E-state index is 0.00677. The van der Waals surface area contributed by atoms with Gasteiger partial charge in [0.15, 0.2) is 0 Å². The number of hydrogen-bond donors (Lipinski definition) is 1. The molecular weight excluding hydrogens is 640 g/mol. The maximum atomic E-state index is 14.0. The summed E-state index contributed by atoms with van der Waals surface area (Å²) >= 11 is 0. The number of nitrogens with one attached hydrogen (secondary N) is 1. The molecule has 9 heteroatoms. The molecule has 51 heavy (non-hydrogen) atoms. The molecule has 5 atom stereocenters. The van der Waals surface area contributed by atoms with Crippen LogP contribution < -0.4 is 5.32 Å². The minimum Gasteiger partial charge on any atom is -0.456 e. The molecule has 2 saturated heterocycles. The predicted molar refractivity (Wildman–Crippen MR) is 205 cm³/mol. The van der Waals surface area contributed by atoms with Gasteiger partial charge in [0, 0.05) is 19.2 Å². The van der Waals surface area contributed by atoms with E-state index in [0.717, 1.165) is 57.1 Å². The van der Waals surface area contributed by atoms with E-state index in [0.29, 0.717) is 18.5 Å². The lowest BCUT2D eigenvalue weighted by molar-refractivity contribution is -0.158. The summed E-state index contributed by atoms with van der Waals surface area (Å²) in [5.41, 5.74) is 1.47. The third-order valence-corrected chi connectivity index (χ3v) is 10.8. The summed E-state index contributed by atoms with van der Waals surface area (Å²) < 4.78 is 6.20. The normalized spacial score (nSPS) is 20.3. The average Bonchev–Trinajstić information content (AvgIpc) is 3.61. The number of ether oxygens (including phenoxy) is 1. The molecule has 286 valence electrons. The van der Waals surface area contributed by atoms with Gasteiger partial charge in [0.25, 0.3) is 0 Å². The first-order valence-corrected chi connectivity index (χ1v) is 19.9. The number of hydrogen-bond acceptors (Lipinski definition) is 6. The molecule has 0 aromatic heterocycles. The van der Waals surface area contributed by atoms with E-state index in [1.54, 1.807) is 23.8 Å². The quantitative estimate of drug-likeness (QED) is 0.0911. The summed E-state index contributed by atoms with van der Waals surface area (Å²) in [5, 5.41) is 3.06. The van der Waals surface area contributed by atoms with E-state index in [1.165, 1.54) is 32.1 Å². The van der Waals surface area contributed by atoms with E-state index in [9.17, 15) is 19.2 Å². The minimum atomic E-state index is -0.681. The van der Waals surface area contributed by atoms with Gasteiger partial charge in [0.05, 0.1) is 12.1 Å². The number of carbonyl (C=O) groups is 4. The molecular formula is C42H68N4O5. The Labute approximate surface area is 308 Å². The van der Waals surface area contributed by atoms with Crippen molar-refractivity contribution in [1.29, 1.82) is 0 Å². The van der Waals surface area contributed by atoms with Crippen LogP contribution in [0.3, 0.4) is 0 Å². The van der Waals surface area contributed by atoms with E-state index in [4.69, 9.17) is 4.74 Å². The van der Waals surface area contributed by atoms with Crippen molar-refractivity contribution < 1.29 is 23.9 Å². The number of nitrogens with zero attached hydrogens (tertiary/aromatic N) is 3. The van der Waals surface area contributed by atoms with Gasteiger partial charge in [-0.25, -0.2) is 4.79 Å². The third-order valence-electron chi connectivity index (χ3n) is 10.8. The van der Waals surface area contributed by atoms with Gasteiger partial charge in [-0.15, -0.1) is 0 Å². The van der Waals surface area contributed by atoms with Crippen molar-refractivity contribution in [3.8, 4) is 0 Å². The zero-order valence-electron chi connectivity index (χ0n) is 33.0. The Morgan fingerprint density at radius 2 is 1.53 bits per heavy atom. The number of piperidine rings is 1. The molecule has 2 heterocycles. The summed E-state index contributed by atoms with van der Waals surface area (Å²) in [4.78, 5) is 60.3. The molecule has 0 spiro atoms. The lowest BCUT2D eigenvalue weighted by Crippen LogP contribution is -2.57. The fourth-order valence-electron chi connectivity index (χ4n) is 7.56. The van der Waals surface area contributed by atoms with Gasteiger partial charge in [0.2, 0.25) is 17.7 Å². The SMILES string of the molecule is CCCCCCCCCC(OC(=O)[C@@H]1CCCN1C(=O)C(C)=C[C@H](C(C)C)N(C)C(=O)[C@@H](NC(=O)[C@H]1CCCCN1C)C(C)C)c1ccccc1. The van der Waals surface area contributed by atoms with E-state index in [1.807, 2.05) is 71.2 Å². The van der Waals surface area contributed by atoms with Crippen LogP contribution in [0.2, 0.25) is 0 Å². The maximum absolute atomic E-state index is 14.0. The van der Waals surface area contributed by atoms with Gasteiger partial charge in [-0.05, 0) is 76.4 Å². The third kappa shape index (κ3) is 12.5. The molecule has 1 N–H and O–H groups in total. The van der Waals surface area contributed by atoms with Crippen molar-refractivity contribution in [3.63, 3.8) is 0 Å². The summed E-state index contributed by atoms with van der Waals surface area (Å²) in [7, 11) is 3.71. The Bertz CT molecular complexity index is 1280. The predicted octanol–water partition coefficient (Wildman–Crippen LogP) is 7.46. The zero-order chi connectivity index (χ0) is 37.5. The number of likely N-dealkylation sites (N-methyl/N-ethyl adjacent to an activating group) is 2. The van der Waals surface area contributed by atoms with Crippen LogP contribution in [0.15, 0.2) is 42.0 Å². The molecule has 1 aromatic rings. The second-order valence-electron chi connectivity index (χ2n) is 15.7. The van der Waals surface area contributed by atoms with Crippen LogP contribution in [0.4, 0.5) is 0 Å². The van der Waals surface area contributed by atoms with Crippen molar-refractivity contribution in [3.05, 3.63) is 47.5 Å². The standard InChI is InChI=1S/C42H68N4O5/c1-9-10-11-12-13-14-18-26-37(33-22-16-15-17-23-33)51-42(50)35-25-21-28-46(35)40(48)32(6)29-36(30(2)3)45(8)41(49)38(31(4)5)43-39(47)34-24-19-20-27-44(34)7/h15-17,22-23,29-31,34-38H,9-14,18-21,24-28H2,1-8H3,(H,43,47)/t34-,35+,36-,37?,38+/m1/s1. The fourth-order valence-corrected chi connectivity index (χ4v) is 7.56. The summed E-state index contributed by atoms with van der Waals surface area (Å²) in [6.45, 7) is 13.3. The van der Waals surface area contributed by atoms with Crippen LogP contribution in [-0.2, 0) is 23.9 Å². The molecule has 2 aliphatic rings. The largest absolute Gasteiger partial charge is 0.456 e. The zero-order valence-corrected chi connectivity index (χ0v) is 33.0. The van der Waals surface area contributed by atoms with Crippen LogP contribution in [0.1, 0.15) is 137 Å². The molecule has 2 aliphatic heterocycles. The first kappa shape index (κ1) is 42.2. The smallest absolute Gasteiger partial charge is 0.329 e. The highest BCUT2D eigenvalue weighted by molar-refractivity contribution is 5.96. The number of amides is 3. The monoisotopic (exact) mass is 709 g/mol. The Morgan fingerprint density at radius 3 is 2.16 bits per heavy atom. The highest BCUT2D eigenvalue weighted by Gasteiger charge is 2.38. The Kier molecular flexibility index (Phi) is 17.7. The van der Waals surface area contributed by atoms with Gasteiger partial charge in [0.1, 0.15) is 18.2 Å². The molecule has 0 bridgehead atoms. The number of benzene rings is 1. The number of unbranched alkanes of at least 4 members (excludes halogenated alkanes) is 6. The van der Waals surface area contributed by atoms with Crippen LogP contribution in [0.5, 0.6) is 0 Å². The number of likely N-dealkylation sites (tertiary alicyclic amines) is 2. The van der Waals surface area contributed by atoms with Crippen molar-refractivity contribution in [2.75, 3.05) is 27.2 Å². The first-order chi connectivity index (χ1) is 24.4. The molecule has 9 nitrogen and oxygen atoms in total. The molecule has 0 radical (unpaired) electrons. The Balaban J connectivity index is 1.69. The molecule has 3 rings (SSSR count). The van der Waals surface area contributed by atoms with Crippen LogP contribution in [0.25, 0.3) is 0 Å². The lowest BCUT2D eigenvalue weighted by atomic mass is 9.96. The van der Waals surface area contributed by atoms with Crippen LogP contribution >= 0.6 is 0 Å². The van der Waals surface area contributed by atoms with Gasteiger partial charge >= 0.3 is 5.97 Å². The van der Waals surface area contributed by atoms with Crippen molar-refractivity contribution >= 4 is 23.7 Å². The number of rotatable bonds is 19. The lowest BCUT2D eigenvalue weighted by Gasteiger charge is -2.36. The van der Waals surface area contributed by atoms with E-state index < -0.39 is 12.1 Å². The fraction of sp³-hybridized carbons (Fsp3) is 0.714. The van der Waals surface area contributed by atoms with Gasteiger partial charge in [-0.2, -0.15) is 0 Å². The summed E-state index contributed by atoms with van der Waals surface area (Å²) in [6.07, 6.45) is 14.7. The van der Waals surface area contributed by atoms with E-state index in [-0.39, 0.29) is 53.7 Å². The van der Waals surface area contributed by atoms with Gasteiger partial charge in [-0.3, -0.25) is 19.3 Å². The Morgan fingerprint density at radius 1 is 0.882 bits per heavy atom. The van der Waals surface area contributed by atoms with Crippen molar-refractivity contribution in [2.24, 2.45) is 11.8 Å². The summed E-state index contributed by atoms with van der Waals surface area (Å²) in [5.74, 6) is -0.950. The number of carbonyl (C=O) groups excluding carboxylic acids is 4. The molecule has 1 unspecified atom stereocenters. The second kappa shape index (κ2) is 21.4. The average molecular weight is 709 g/mol. The van der Waals surface area contributed by atoms with E-state index in [2.05, 4.69) is 17.1 Å². The molecule has 0 saturated carbocycles. The van der Waals surface area contributed by atoms with Gasteiger partial charge < -0.3 is 19.9 Å². The highest BCUT2D eigenvalue weighted by Crippen LogP contribution is 2.29. The molecule has 3 amide bonds. The molecule has 1 aromatic carbocycles. The van der Waals surface area contributed by atoms with Crippen molar-refractivity contribution in [1.82, 2.24) is 20.0 Å². The first-order valence-electron chi connectivity index (χ1n) is 19.9. The molecule has 0 aliphatic carbocycles.